The molecule has 1 N–H and O–H groups in total. The maximum absolute atomic E-state index is 11.4. The van der Waals surface area contributed by atoms with E-state index in [-0.39, 0.29) is 11.3 Å². The van der Waals surface area contributed by atoms with Crippen molar-refractivity contribution in [3.8, 4) is 5.75 Å². The maximum Gasteiger partial charge on any atom is 0.254 e. The minimum absolute atomic E-state index is 0.0440. The molecular formula is C10H15NO2. The monoisotopic (exact) mass is 181 g/mol. The Hall–Kier alpha value is -1.25. The molecule has 3 heteroatoms. The molecule has 1 aromatic heterocycles. The predicted molar refractivity (Wildman–Crippen MR) is 51.9 cm³/mol. The summed E-state index contributed by atoms with van der Waals surface area (Å²) in [6.07, 6.45) is 0. The Morgan fingerprint density at radius 1 is 1.46 bits per heavy atom. The van der Waals surface area contributed by atoms with E-state index < -0.39 is 0 Å². The molecule has 0 aliphatic rings. The average molecular weight is 181 g/mol. The molecule has 0 aliphatic carbocycles. The molecule has 3 nitrogen and oxygen atoms in total. The van der Waals surface area contributed by atoms with E-state index in [9.17, 15) is 4.79 Å². The summed E-state index contributed by atoms with van der Waals surface area (Å²) in [5.74, 6) is 0.475. The summed E-state index contributed by atoms with van der Waals surface area (Å²) in [4.78, 5) is 11.4. The van der Waals surface area contributed by atoms with Gasteiger partial charge in [-0.3, -0.25) is 4.79 Å². The topological polar surface area (TPSA) is 42.2 Å². The van der Waals surface area contributed by atoms with Gasteiger partial charge in [0.2, 0.25) is 0 Å². The first-order chi connectivity index (χ1) is 6.00. The van der Waals surface area contributed by atoms with Crippen LogP contribution in [-0.2, 0) is 6.54 Å². The quantitative estimate of drug-likeness (QED) is 0.751. The van der Waals surface area contributed by atoms with Gasteiger partial charge in [-0.05, 0) is 18.9 Å². The highest BCUT2D eigenvalue weighted by atomic mass is 16.3. The second kappa shape index (κ2) is 3.64. The highest BCUT2D eigenvalue weighted by Crippen LogP contribution is 2.08. The minimum atomic E-state index is -0.133. The van der Waals surface area contributed by atoms with Gasteiger partial charge in [-0.15, -0.1) is 0 Å². The first kappa shape index (κ1) is 9.84. The van der Waals surface area contributed by atoms with Crippen molar-refractivity contribution in [1.82, 2.24) is 4.57 Å². The van der Waals surface area contributed by atoms with Crippen LogP contribution >= 0.6 is 0 Å². The molecule has 0 amide bonds. The molecular weight excluding hydrogens is 166 g/mol. The van der Waals surface area contributed by atoms with Gasteiger partial charge in [0.25, 0.3) is 5.56 Å². The van der Waals surface area contributed by atoms with Crippen LogP contribution in [0.1, 0.15) is 19.5 Å². The van der Waals surface area contributed by atoms with Crippen LogP contribution in [-0.4, -0.2) is 9.67 Å². The lowest BCUT2D eigenvalue weighted by atomic mass is 10.2. The fourth-order valence-corrected chi connectivity index (χ4v) is 1.31. The molecule has 72 valence electrons. The van der Waals surface area contributed by atoms with Crippen molar-refractivity contribution in [3.05, 3.63) is 28.2 Å². The number of rotatable bonds is 2. The number of aryl methyl sites for hydroxylation is 1. The first-order valence-electron chi connectivity index (χ1n) is 4.41. The van der Waals surface area contributed by atoms with Gasteiger partial charge >= 0.3 is 0 Å². The second-order valence-corrected chi connectivity index (χ2v) is 3.70. The van der Waals surface area contributed by atoms with Gasteiger partial charge in [-0.25, -0.2) is 0 Å². The third-order valence-corrected chi connectivity index (χ3v) is 1.87. The Morgan fingerprint density at radius 2 is 2.08 bits per heavy atom. The molecule has 0 aliphatic heterocycles. The van der Waals surface area contributed by atoms with Crippen LogP contribution in [0.3, 0.4) is 0 Å². The van der Waals surface area contributed by atoms with Crippen LogP contribution < -0.4 is 5.56 Å². The molecule has 1 heterocycles. The summed E-state index contributed by atoms with van der Waals surface area (Å²) in [6, 6.07) is 2.85. The second-order valence-electron chi connectivity index (χ2n) is 3.70. The van der Waals surface area contributed by atoms with Gasteiger partial charge in [0.05, 0.1) is 0 Å². The molecule has 0 fully saturated rings. The summed E-state index contributed by atoms with van der Waals surface area (Å²) in [5, 5.41) is 9.14. The molecule has 0 aromatic carbocycles. The third-order valence-electron chi connectivity index (χ3n) is 1.87. The number of hydrogen-bond donors (Lipinski definition) is 1. The Kier molecular flexibility index (Phi) is 2.76. The molecule has 13 heavy (non-hydrogen) atoms. The third kappa shape index (κ3) is 2.34. The van der Waals surface area contributed by atoms with Gasteiger partial charge in [0.15, 0.2) is 0 Å². The van der Waals surface area contributed by atoms with Gasteiger partial charge in [0, 0.05) is 18.3 Å². The summed E-state index contributed by atoms with van der Waals surface area (Å²) in [6.45, 7) is 6.63. The number of aromatic nitrogens is 1. The number of hydrogen-bond acceptors (Lipinski definition) is 2. The zero-order chi connectivity index (χ0) is 10.0. The summed E-state index contributed by atoms with van der Waals surface area (Å²) in [7, 11) is 0. The van der Waals surface area contributed by atoms with E-state index in [4.69, 9.17) is 5.11 Å². The highest BCUT2D eigenvalue weighted by Gasteiger charge is 2.03. The number of aromatic hydroxyl groups is 1. The van der Waals surface area contributed by atoms with Crippen molar-refractivity contribution in [2.75, 3.05) is 0 Å². The van der Waals surface area contributed by atoms with E-state index in [1.165, 1.54) is 6.07 Å². The average Bonchev–Trinajstić information content (AvgIpc) is 1.96. The van der Waals surface area contributed by atoms with Crippen molar-refractivity contribution in [1.29, 1.82) is 0 Å². The van der Waals surface area contributed by atoms with Crippen molar-refractivity contribution in [2.45, 2.75) is 27.3 Å². The van der Waals surface area contributed by atoms with Gasteiger partial charge in [-0.2, -0.15) is 0 Å². The van der Waals surface area contributed by atoms with Crippen LogP contribution in [0.15, 0.2) is 16.9 Å². The zero-order valence-electron chi connectivity index (χ0n) is 8.24. The van der Waals surface area contributed by atoms with E-state index >= 15 is 0 Å². The molecule has 0 spiro atoms. The van der Waals surface area contributed by atoms with Gasteiger partial charge in [-0.1, -0.05) is 13.8 Å². The maximum atomic E-state index is 11.4. The molecule has 0 bridgehead atoms. The molecule has 0 unspecified atom stereocenters. The normalized spacial score (nSPS) is 10.8. The molecule has 1 rings (SSSR count). The largest absolute Gasteiger partial charge is 0.508 e. The Bertz CT molecular complexity index is 352. The SMILES string of the molecule is Cc1cc(O)cc(=O)n1CC(C)C. The van der Waals surface area contributed by atoms with Crippen molar-refractivity contribution in [3.63, 3.8) is 0 Å². The Morgan fingerprint density at radius 3 is 2.54 bits per heavy atom. The van der Waals surface area contributed by atoms with Gasteiger partial charge < -0.3 is 9.67 Å². The Balaban J connectivity index is 3.14. The van der Waals surface area contributed by atoms with E-state index in [2.05, 4.69) is 13.8 Å². The van der Waals surface area contributed by atoms with Crippen LogP contribution in [0.2, 0.25) is 0 Å². The number of pyridine rings is 1. The van der Waals surface area contributed by atoms with Crippen LogP contribution in [0.5, 0.6) is 5.75 Å². The van der Waals surface area contributed by atoms with Gasteiger partial charge in [0.1, 0.15) is 5.75 Å². The zero-order valence-corrected chi connectivity index (χ0v) is 8.24. The first-order valence-corrected chi connectivity index (χ1v) is 4.41. The van der Waals surface area contributed by atoms with E-state index in [0.717, 1.165) is 5.69 Å². The molecule has 0 saturated heterocycles. The minimum Gasteiger partial charge on any atom is -0.508 e. The van der Waals surface area contributed by atoms with Crippen molar-refractivity contribution in [2.24, 2.45) is 5.92 Å². The lowest BCUT2D eigenvalue weighted by molar-refractivity contribution is 0.459. The highest BCUT2D eigenvalue weighted by molar-refractivity contribution is 5.21. The summed E-state index contributed by atoms with van der Waals surface area (Å²) < 4.78 is 1.67. The predicted octanol–water partition coefficient (Wildman–Crippen LogP) is 1.52. The molecule has 0 atom stereocenters. The smallest absolute Gasteiger partial charge is 0.254 e. The standard InChI is InChI=1S/C10H15NO2/c1-7(2)6-11-8(3)4-9(12)5-10(11)13/h4-5,7,12H,6H2,1-3H3. The van der Waals surface area contributed by atoms with Crippen LogP contribution in [0, 0.1) is 12.8 Å². The van der Waals surface area contributed by atoms with E-state index in [0.29, 0.717) is 12.5 Å². The van der Waals surface area contributed by atoms with E-state index in [1.54, 1.807) is 10.6 Å². The number of nitrogens with zero attached hydrogens (tertiary/aromatic N) is 1. The van der Waals surface area contributed by atoms with E-state index in [1.807, 2.05) is 6.92 Å². The molecule has 0 saturated carbocycles. The van der Waals surface area contributed by atoms with Crippen molar-refractivity contribution < 1.29 is 5.11 Å². The molecule has 1 aromatic rings. The molecule has 0 radical (unpaired) electrons. The fourth-order valence-electron chi connectivity index (χ4n) is 1.31. The Labute approximate surface area is 77.6 Å². The summed E-state index contributed by atoms with van der Waals surface area (Å²) in [5.41, 5.74) is 0.671. The lowest BCUT2D eigenvalue weighted by Crippen LogP contribution is -2.23. The van der Waals surface area contributed by atoms with Crippen molar-refractivity contribution >= 4 is 0 Å². The lowest BCUT2D eigenvalue weighted by Gasteiger charge is -2.11. The van der Waals surface area contributed by atoms with Crippen LogP contribution in [0.25, 0.3) is 0 Å². The summed E-state index contributed by atoms with van der Waals surface area (Å²) >= 11 is 0. The fraction of sp³-hybridized carbons (Fsp3) is 0.500. The van der Waals surface area contributed by atoms with Crippen LogP contribution in [0.4, 0.5) is 0 Å².